The Kier molecular flexibility index (Phi) is 8.46. The third kappa shape index (κ3) is 7.19. The summed E-state index contributed by atoms with van der Waals surface area (Å²) in [6.45, 7) is 3.10. The van der Waals surface area contributed by atoms with Gasteiger partial charge in [0.2, 0.25) is 11.8 Å². The zero-order valence-corrected chi connectivity index (χ0v) is 10.1. The van der Waals surface area contributed by atoms with E-state index in [0.29, 0.717) is 19.7 Å². The molecule has 0 aromatic carbocycles. The number of methoxy groups -OCH3 is 1. The van der Waals surface area contributed by atoms with E-state index in [0.717, 1.165) is 0 Å². The van der Waals surface area contributed by atoms with Gasteiger partial charge < -0.3 is 20.7 Å². The summed E-state index contributed by atoms with van der Waals surface area (Å²) >= 11 is 0. The van der Waals surface area contributed by atoms with E-state index in [1.165, 1.54) is 0 Å². The number of ether oxygens (including phenoxy) is 1. The van der Waals surface area contributed by atoms with Crippen molar-refractivity contribution in [2.45, 2.75) is 19.4 Å². The van der Waals surface area contributed by atoms with Crippen LogP contribution in [0.1, 0.15) is 13.3 Å². The molecule has 0 saturated heterocycles. The van der Waals surface area contributed by atoms with Gasteiger partial charge in [0.15, 0.2) is 0 Å². The molecule has 0 aliphatic carbocycles. The van der Waals surface area contributed by atoms with Crippen molar-refractivity contribution in [2.24, 2.45) is 0 Å². The lowest BCUT2D eigenvalue weighted by molar-refractivity contribution is -0.123. The second-order valence-electron chi connectivity index (χ2n) is 3.39. The molecule has 0 heterocycles. The third-order valence-corrected chi connectivity index (χ3v) is 2.11. The Balaban J connectivity index is 3.50. The summed E-state index contributed by atoms with van der Waals surface area (Å²) in [6, 6.07) is -0.239. The van der Waals surface area contributed by atoms with Crippen LogP contribution in [0.5, 0.6) is 0 Å². The van der Waals surface area contributed by atoms with E-state index in [2.05, 4.69) is 16.0 Å². The smallest absolute Gasteiger partial charge is 0.236 e. The maximum atomic E-state index is 11.3. The van der Waals surface area contributed by atoms with Crippen molar-refractivity contribution in [3.8, 4) is 0 Å². The highest BCUT2D eigenvalue weighted by atomic mass is 16.5. The van der Waals surface area contributed by atoms with E-state index in [1.807, 2.05) is 0 Å². The molecule has 1 atom stereocenters. The molecule has 2 amide bonds. The lowest BCUT2D eigenvalue weighted by Crippen LogP contribution is -2.41. The molecule has 0 aliphatic heterocycles. The Hall–Kier alpha value is -1.14. The van der Waals surface area contributed by atoms with Crippen molar-refractivity contribution in [1.82, 2.24) is 16.0 Å². The van der Waals surface area contributed by atoms with Gasteiger partial charge in [-0.3, -0.25) is 9.59 Å². The Morgan fingerprint density at radius 1 is 1.25 bits per heavy atom. The van der Waals surface area contributed by atoms with Gasteiger partial charge >= 0.3 is 0 Å². The summed E-state index contributed by atoms with van der Waals surface area (Å²) in [4.78, 5) is 22.5. The molecule has 3 N–H and O–H groups in total. The maximum absolute atomic E-state index is 11.3. The minimum Gasteiger partial charge on any atom is -0.383 e. The lowest BCUT2D eigenvalue weighted by Gasteiger charge is -2.10. The first kappa shape index (κ1) is 14.9. The molecule has 0 fully saturated rings. The van der Waals surface area contributed by atoms with Gasteiger partial charge in [0.1, 0.15) is 0 Å². The summed E-state index contributed by atoms with van der Waals surface area (Å²) in [7, 11) is 3.28. The van der Waals surface area contributed by atoms with E-state index in [-0.39, 0.29) is 24.3 Å². The van der Waals surface area contributed by atoms with Crippen molar-refractivity contribution in [1.29, 1.82) is 0 Å². The maximum Gasteiger partial charge on any atom is 0.236 e. The predicted octanol–water partition coefficient (Wildman–Crippen LogP) is -1.14. The van der Waals surface area contributed by atoms with Crippen LogP contribution < -0.4 is 16.0 Å². The molecule has 6 nitrogen and oxygen atoms in total. The first-order valence-electron chi connectivity index (χ1n) is 5.32. The molecule has 0 spiro atoms. The van der Waals surface area contributed by atoms with E-state index >= 15 is 0 Å². The van der Waals surface area contributed by atoms with Crippen LogP contribution in [0.15, 0.2) is 0 Å². The molecule has 94 valence electrons. The molecule has 0 rings (SSSR count). The van der Waals surface area contributed by atoms with Crippen molar-refractivity contribution < 1.29 is 14.3 Å². The molecule has 0 saturated carbocycles. The molecule has 0 radical (unpaired) electrons. The van der Waals surface area contributed by atoms with Gasteiger partial charge in [0, 0.05) is 26.6 Å². The van der Waals surface area contributed by atoms with Crippen molar-refractivity contribution in [3.63, 3.8) is 0 Å². The number of nitrogens with one attached hydrogen (secondary N) is 3. The normalized spacial score (nSPS) is 11.9. The van der Waals surface area contributed by atoms with Gasteiger partial charge in [-0.05, 0) is 14.0 Å². The molecular formula is C10H21N3O3. The number of carbonyl (C=O) groups excluding carboxylic acids is 2. The Labute approximate surface area is 96.1 Å². The zero-order valence-electron chi connectivity index (χ0n) is 10.1. The molecule has 0 aromatic rings. The highest BCUT2D eigenvalue weighted by Gasteiger charge is 2.09. The van der Waals surface area contributed by atoms with E-state index < -0.39 is 0 Å². The third-order valence-electron chi connectivity index (χ3n) is 2.11. The first-order valence-corrected chi connectivity index (χ1v) is 5.32. The van der Waals surface area contributed by atoms with Crippen LogP contribution in [0, 0.1) is 0 Å². The molecule has 1 unspecified atom stereocenters. The van der Waals surface area contributed by atoms with E-state index in [1.54, 1.807) is 21.1 Å². The molecule has 16 heavy (non-hydrogen) atoms. The molecule has 6 heteroatoms. The number of carbonyl (C=O) groups is 2. The van der Waals surface area contributed by atoms with E-state index in [4.69, 9.17) is 4.74 Å². The summed E-state index contributed by atoms with van der Waals surface area (Å²) in [6.07, 6.45) is 0.284. The standard InChI is InChI=1S/C10H21N3O3/c1-8(11-2)10(15)13-5-4-9(14)12-6-7-16-3/h8,11H,4-7H2,1-3H3,(H,12,14)(H,13,15). The topological polar surface area (TPSA) is 79.5 Å². The van der Waals surface area contributed by atoms with Crippen LogP contribution in [0.3, 0.4) is 0 Å². The number of hydrogen-bond donors (Lipinski definition) is 3. The van der Waals surface area contributed by atoms with Crippen LogP contribution >= 0.6 is 0 Å². The fourth-order valence-electron chi connectivity index (χ4n) is 0.964. The van der Waals surface area contributed by atoms with Gasteiger partial charge in [0.05, 0.1) is 12.6 Å². The quantitative estimate of drug-likeness (QED) is 0.462. The average molecular weight is 231 g/mol. The predicted molar refractivity (Wildman–Crippen MR) is 61.0 cm³/mol. The average Bonchev–Trinajstić information content (AvgIpc) is 2.28. The van der Waals surface area contributed by atoms with Crippen molar-refractivity contribution >= 4 is 11.8 Å². The summed E-state index contributed by atoms with van der Waals surface area (Å²) in [5.41, 5.74) is 0. The second kappa shape index (κ2) is 9.11. The Morgan fingerprint density at radius 3 is 2.50 bits per heavy atom. The Bertz CT molecular complexity index is 221. The Morgan fingerprint density at radius 2 is 1.94 bits per heavy atom. The highest BCUT2D eigenvalue weighted by Crippen LogP contribution is 1.82. The minimum atomic E-state index is -0.239. The van der Waals surface area contributed by atoms with Crippen molar-refractivity contribution in [2.75, 3.05) is 33.9 Å². The van der Waals surface area contributed by atoms with Gasteiger partial charge in [-0.1, -0.05) is 0 Å². The summed E-state index contributed by atoms with van der Waals surface area (Å²) in [5.74, 6) is -0.193. The van der Waals surface area contributed by atoms with Crippen LogP contribution in [0.4, 0.5) is 0 Å². The van der Waals surface area contributed by atoms with E-state index in [9.17, 15) is 9.59 Å². The largest absolute Gasteiger partial charge is 0.383 e. The SMILES string of the molecule is CNC(C)C(=O)NCCC(=O)NCCOC. The lowest BCUT2D eigenvalue weighted by atomic mass is 10.3. The zero-order chi connectivity index (χ0) is 12.4. The number of hydrogen-bond acceptors (Lipinski definition) is 4. The summed E-state index contributed by atoms with van der Waals surface area (Å²) in [5, 5.41) is 8.15. The fraction of sp³-hybridized carbons (Fsp3) is 0.800. The van der Waals surface area contributed by atoms with Crippen LogP contribution in [0.25, 0.3) is 0 Å². The summed E-state index contributed by atoms with van der Waals surface area (Å²) < 4.78 is 4.79. The van der Waals surface area contributed by atoms with Gasteiger partial charge in [-0.25, -0.2) is 0 Å². The monoisotopic (exact) mass is 231 g/mol. The fourth-order valence-corrected chi connectivity index (χ4v) is 0.964. The highest BCUT2D eigenvalue weighted by molar-refractivity contribution is 5.82. The molecule has 0 bridgehead atoms. The number of amides is 2. The molecule has 0 aliphatic rings. The van der Waals surface area contributed by atoms with Crippen LogP contribution in [-0.4, -0.2) is 51.7 Å². The van der Waals surface area contributed by atoms with Crippen LogP contribution in [0.2, 0.25) is 0 Å². The number of likely N-dealkylation sites (N-methyl/N-ethyl adjacent to an activating group) is 1. The van der Waals surface area contributed by atoms with Crippen molar-refractivity contribution in [3.05, 3.63) is 0 Å². The number of rotatable bonds is 8. The molecular weight excluding hydrogens is 210 g/mol. The molecule has 0 aromatic heterocycles. The first-order chi connectivity index (χ1) is 7.61. The second-order valence-corrected chi connectivity index (χ2v) is 3.39. The van der Waals surface area contributed by atoms with Gasteiger partial charge in [-0.2, -0.15) is 0 Å². The van der Waals surface area contributed by atoms with Gasteiger partial charge in [-0.15, -0.1) is 0 Å². The minimum absolute atomic E-state index is 0.0885. The van der Waals surface area contributed by atoms with Gasteiger partial charge in [0.25, 0.3) is 0 Å². The van der Waals surface area contributed by atoms with Crippen LogP contribution in [-0.2, 0) is 14.3 Å².